The lowest BCUT2D eigenvalue weighted by Crippen LogP contribution is -2.30. The van der Waals surface area contributed by atoms with Crippen LogP contribution in [-0.2, 0) is 9.53 Å². The molecule has 1 heterocycles. The highest BCUT2D eigenvalue weighted by Gasteiger charge is 2.21. The molecule has 0 aromatic heterocycles. The van der Waals surface area contributed by atoms with Gasteiger partial charge in [-0.25, -0.2) is 4.79 Å². The van der Waals surface area contributed by atoms with Crippen molar-refractivity contribution in [3.8, 4) is 17.6 Å². The molecule has 3 rings (SSSR count). The molecule has 1 aliphatic heterocycles. The number of fused-ring (bicyclic) bond motifs is 1. The van der Waals surface area contributed by atoms with E-state index in [4.69, 9.17) is 19.5 Å². The number of anilines is 1. The molecular formula is C19H16N2O5. The third-order valence-corrected chi connectivity index (χ3v) is 3.74. The van der Waals surface area contributed by atoms with Crippen LogP contribution in [0.3, 0.4) is 0 Å². The van der Waals surface area contributed by atoms with Gasteiger partial charge in [0.15, 0.2) is 17.6 Å². The van der Waals surface area contributed by atoms with Crippen LogP contribution in [0.4, 0.5) is 5.69 Å². The van der Waals surface area contributed by atoms with Crippen molar-refractivity contribution in [3.05, 3.63) is 53.6 Å². The third-order valence-electron chi connectivity index (χ3n) is 3.74. The van der Waals surface area contributed by atoms with Crippen molar-refractivity contribution in [2.45, 2.75) is 13.0 Å². The average molecular weight is 352 g/mol. The molecule has 132 valence electrons. The molecule has 1 amide bonds. The third kappa shape index (κ3) is 3.75. The minimum atomic E-state index is -1.04. The predicted octanol–water partition coefficient (Wildman–Crippen LogP) is 2.51. The number of carbonyl (C=O) groups excluding carboxylic acids is 2. The van der Waals surface area contributed by atoms with Crippen molar-refractivity contribution < 1.29 is 23.8 Å². The maximum absolute atomic E-state index is 12.3. The Morgan fingerprint density at radius 2 is 1.88 bits per heavy atom. The van der Waals surface area contributed by atoms with Gasteiger partial charge in [0, 0.05) is 0 Å². The van der Waals surface area contributed by atoms with E-state index < -0.39 is 18.0 Å². The van der Waals surface area contributed by atoms with Crippen LogP contribution < -0.4 is 14.8 Å². The lowest BCUT2D eigenvalue weighted by atomic mass is 10.2. The van der Waals surface area contributed by atoms with Crippen LogP contribution in [0.5, 0.6) is 11.5 Å². The van der Waals surface area contributed by atoms with Gasteiger partial charge in [0.1, 0.15) is 19.3 Å². The van der Waals surface area contributed by atoms with E-state index in [1.165, 1.54) is 13.0 Å². The van der Waals surface area contributed by atoms with Crippen LogP contribution in [0.1, 0.15) is 22.8 Å². The molecule has 0 bridgehead atoms. The zero-order valence-electron chi connectivity index (χ0n) is 14.0. The van der Waals surface area contributed by atoms with Crippen molar-refractivity contribution in [2.75, 3.05) is 18.5 Å². The number of hydrogen-bond acceptors (Lipinski definition) is 6. The van der Waals surface area contributed by atoms with Gasteiger partial charge in [-0.15, -0.1) is 0 Å². The fraction of sp³-hybridized carbons (Fsp3) is 0.211. The predicted molar refractivity (Wildman–Crippen MR) is 92.1 cm³/mol. The first kappa shape index (κ1) is 17.3. The van der Waals surface area contributed by atoms with Gasteiger partial charge >= 0.3 is 5.97 Å². The van der Waals surface area contributed by atoms with Gasteiger partial charge in [-0.1, -0.05) is 12.1 Å². The molecule has 1 N–H and O–H groups in total. The average Bonchev–Trinajstić information content (AvgIpc) is 2.67. The number of nitrogens with one attached hydrogen (secondary N) is 1. The highest BCUT2D eigenvalue weighted by atomic mass is 16.6. The van der Waals surface area contributed by atoms with E-state index in [-0.39, 0.29) is 5.56 Å². The fourth-order valence-corrected chi connectivity index (χ4v) is 2.38. The number of carbonyl (C=O) groups is 2. The Labute approximate surface area is 150 Å². The van der Waals surface area contributed by atoms with E-state index >= 15 is 0 Å². The lowest BCUT2D eigenvalue weighted by Gasteiger charge is -2.19. The van der Waals surface area contributed by atoms with Crippen molar-refractivity contribution in [3.63, 3.8) is 0 Å². The largest absolute Gasteiger partial charge is 0.486 e. The number of nitrogens with zero attached hydrogens (tertiary/aromatic N) is 1. The number of amides is 1. The van der Waals surface area contributed by atoms with Gasteiger partial charge in [0.05, 0.1) is 16.8 Å². The molecule has 0 saturated carbocycles. The minimum Gasteiger partial charge on any atom is -0.486 e. The van der Waals surface area contributed by atoms with Crippen molar-refractivity contribution in [1.82, 2.24) is 0 Å². The van der Waals surface area contributed by atoms with Gasteiger partial charge in [0.2, 0.25) is 0 Å². The molecule has 7 nitrogen and oxygen atoms in total. The molecule has 0 aliphatic carbocycles. The van der Waals surface area contributed by atoms with E-state index in [2.05, 4.69) is 5.32 Å². The zero-order valence-corrected chi connectivity index (χ0v) is 14.0. The summed E-state index contributed by atoms with van der Waals surface area (Å²) in [5.74, 6) is -0.158. The number of nitriles is 1. The SMILES string of the molecule is C[C@H](OC(=O)c1ccc2c(c1)OCCO2)C(=O)Nc1ccccc1C#N. The molecule has 0 unspecified atom stereocenters. The second-order valence-corrected chi connectivity index (χ2v) is 5.55. The number of rotatable bonds is 4. The first-order valence-electron chi connectivity index (χ1n) is 7.99. The second-order valence-electron chi connectivity index (χ2n) is 5.55. The smallest absolute Gasteiger partial charge is 0.339 e. The summed E-state index contributed by atoms with van der Waals surface area (Å²) in [6.07, 6.45) is -1.04. The maximum atomic E-state index is 12.3. The highest BCUT2D eigenvalue weighted by molar-refractivity contribution is 5.98. The van der Waals surface area contributed by atoms with Gasteiger partial charge in [0.25, 0.3) is 5.91 Å². The molecular weight excluding hydrogens is 336 g/mol. The number of para-hydroxylation sites is 1. The Bertz CT molecular complexity index is 888. The summed E-state index contributed by atoms with van der Waals surface area (Å²) in [5, 5.41) is 11.6. The van der Waals surface area contributed by atoms with Crippen LogP contribution in [-0.4, -0.2) is 31.2 Å². The molecule has 2 aromatic carbocycles. The van der Waals surface area contributed by atoms with E-state index in [0.29, 0.717) is 36.0 Å². The summed E-state index contributed by atoms with van der Waals surface area (Å²) in [4.78, 5) is 24.5. The summed E-state index contributed by atoms with van der Waals surface area (Å²) in [6.45, 7) is 2.32. The molecule has 0 radical (unpaired) electrons. The number of ether oxygens (including phenoxy) is 3. The molecule has 0 spiro atoms. The van der Waals surface area contributed by atoms with Crippen LogP contribution in [0, 0.1) is 11.3 Å². The first-order valence-corrected chi connectivity index (χ1v) is 7.99. The van der Waals surface area contributed by atoms with Gasteiger partial charge in [-0.2, -0.15) is 5.26 Å². The highest BCUT2D eigenvalue weighted by Crippen LogP contribution is 2.31. The molecule has 2 aromatic rings. The number of benzene rings is 2. The Kier molecular flexibility index (Phi) is 5.04. The second kappa shape index (κ2) is 7.57. The maximum Gasteiger partial charge on any atom is 0.339 e. The van der Waals surface area contributed by atoms with Crippen molar-refractivity contribution in [1.29, 1.82) is 5.26 Å². The van der Waals surface area contributed by atoms with E-state index in [1.54, 1.807) is 36.4 Å². The summed E-state index contributed by atoms with van der Waals surface area (Å²) in [7, 11) is 0. The molecule has 1 aliphatic rings. The van der Waals surface area contributed by atoms with Gasteiger partial charge < -0.3 is 19.5 Å². The molecule has 7 heteroatoms. The lowest BCUT2D eigenvalue weighted by molar-refractivity contribution is -0.123. The van der Waals surface area contributed by atoms with E-state index in [9.17, 15) is 9.59 Å². The monoisotopic (exact) mass is 352 g/mol. The first-order chi connectivity index (χ1) is 12.6. The summed E-state index contributed by atoms with van der Waals surface area (Å²) in [6, 6.07) is 13.3. The van der Waals surface area contributed by atoms with Crippen LogP contribution in [0.2, 0.25) is 0 Å². The molecule has 0 fully saturated rings. The van der Waals surface area contributed by atoms with Gasteiger partial charge in [-0.05, 0) is 37.3 Å². The van der Waals surface area contributed by atoms with Crippen molar-refractivity contribution >= 4 is 17.6 Å². The fourth-order valence-electron chi connectivity index (χ4n) is 2.38. The standard InChI is InChI=1S/C19H16N2O5/c1-12(18(22)21-15-5-3-2-4-14(15)11-20)26-19(23)13-6-7-16-17(10-13)25-9-8-24-16/h2-7,10,12H,8-9H2,1H3,(H,21,22)/t12-/m0/s1. The van der Waals surface area contributed by atoms with Crippen LogP contribution in [0.25, 0.3) is 0 Å². The quantitative estimate of drug-likeness (QED) is 0.849. The zero-order chi connectivity index (χ0) is 18.5. The minimum absolute atomic E-state index is 0.256. The van der Waals surface area contributed by atoms with Crippen LogP contribution >= 0.6 is 0 Å². The Morgan fingerprint density at radius 3 is 2.65 bits per heavy atom. The molecule has 26 heavy (non-hydrogen) atoms. The Balaban J connectivity index is 1.65. The Hall–Kier alpha value is -3.53. The normalized spacial score (nSPS) is 13.2. The molecule has 1 atom stereocenters. The number of esters is 1. The van der Waals surface area contributed by atoms with Crippen molar-refractivity contribution in [2.24, 2.45) is 0 Å². The summed E-state index contributed by atoms with van der Waals surface area (Å²) >= 11 is 0. The topological polar surface area (TPSA) is 97.7 Å². The van der Waals surface area contributed by atoms with E-state index in [1.807, 2.05) is 6.07 Å². The summed E-state index contributed by atoms with van der Waals surface area (Å²) < 4.78 is 16.0. The van der Waals surface area contributed by atoms with E-state index in [0.717, 1.165) is 0 Å². The van der Waals surface area contributed by atoms with Crippen LogP contribution in [0.15, 0.2) is 42.5 Å². The molecule has 0 saturated heterocycles. The Morgan fingerprint density at radius 1 is 1.15 bits per heavy atom. The van der Waals surface area contributed by atoms with Gasteiger partial charge in [-0.3, -0.25) is 4.79 Å². The summed E-state index contributed by atoms with van der Waals surface area (Å²) in [5.41, 5.74) is 0.944. The number of hydrogen-bond donors (Lipinski definition) is 1.